The third-order valence-corrected chi connectivity index (χ3v) is 4.35. The molecule has 1 rings (SSSR count). The van der Waals surface area contributed by atoms with E-state index in [0.717, 1.165) is 4.88 Å². The molecule has 6 nitrogen and oxygen atoms in total. The first kappa shape index (κ1) is 19.4. The smallest absolute Gasteiger partial charge is 0.326 e. The van der Waals surface area contributed by atoms with Gasteiger partial charge in [0.05, 0.1) is 11.6 Å². The Morgan fingerprint density at radius 1 is 1.30 bits per heavy atom. The predicted octanol–water partition coefficient (Wildman–Crippen LogP) is 2.07. The Balaban J connectivity index is 2.31. The Morgan fingerprint density at radius 3 is 2.52 bits per heavy atom. The van der Waals surface area contributed by atoms with Gasteiger partial charge in [0, 0.05) is 16.7 Å². The van der Waals surface area contributed by atoms with Crippen molar-refractivity contribution in [1.29, 1.82) is 0 Å². The number of thiophene rings is 1. The van der Waals surface area contributed by atoms with Gasteiger partial charge in [-0.25, -0.2) is 4.79 Å². The Labute approximate surface area is 144 Å². The molecule has 1 atom stereocenters. The molecule has 1 aromatic heterocycles. The van der Waals surface area contributed by atoms with Gasteiger partial charge >= 0.3 is 5.97 Å². The molecular weight excluding hydrogens is 340 g/mol. The van der Waals surface area contributed by atoms with E-state index >= 15 is 0 Å². The summed E-state index contributed by atoms with van der Waals surface area (Å²) in [5, 5.41) is 16.4. The second kappa shape index (κ2) is 9.52. The zero-order valence-electron chi connectivity index (χ0n) is 13.1. The van der Waals surface area contributed by atoms with Gasteiger partial charge in [-0.15, -0.1) is 11.3 Å². The lowest BCUT2D eigenvalue weighted by atomic mass is 10.0. The van der Waals surface area contributed by atoms with E-state index in [1.807, 2.05) is 13.8 Å². The molecule has 0 radical (unpaired) electrons. The fourth-order valence-corrected chi connectivity index (χ4v) is 3.00. The number of carbonyl (C=O) groups is 3. The van der Waals surface area contributed by atoms with Crippen LogP contribution in [-0.4, -0.2) is 35.5 Å². The third-order valence-electron chi connectivity index (χ3n) is 3.01. The molecule has 0 aliphatic heterocycles. The van der Waals surface area contributed by atoms with Crippen LogP contribution in [0, 0.1) is 5.92 Å². The second-order valence-corrected chi connectivity index (χ2v) is 7.03. The molecule has 0 spiro atoms. The molecule has 0 aromatic carbocycles. The summed E-state index contributed by atoms with van der Waals surface area (Å²) in [5.41, 5.74) is 0. The van der Waals surface area contributed by atoms with Crippen molar-refractivity contribution >= 4 is 40.7 Å². The van der Waals surface area contributed by atoms with Crippen LogP contribution < -0.4 is 10.6 Å². The van der Waals surface area contributed by atoms with Crippen molar-refractivity contribution in [3.8, 4) is 0 Å². The van der Waals surface area contributed by atoms with Crippen molar-refractivity contribution in [2.75, 3.05) is 6.54 Å². The van der Waals surface area contributed by atoms with E-state index in [0.29, 0.717) is 17.9 Å². The number of hydrogen-bond donors (Lipinski definition) is 3. The molecule has 0 saturated heterocycles. The first-order valence-electron chi connectivity index (χ1n) is 7.29. The summed E-state index contributed by atoms with van der Waals surface area (Å²) in [6.45, 7) is 3.52. The Kier molecular flexibility index (Phi) is 8.05. The molecule has 0 saturated carbocycles. The number of amides is 2. The van der Waals surface area contributed by atoms with Crippen LogP contribution >= 0.6 is 22.9 Å². The van der Waals surface area contributed by atoms with Crippen LogP contribution in [-0.2, 0) is 20.8 Å². The summed E-state index contributed by atoms with van der Waals surface area (Å²) in [5.74, 6) is -1.71. The largest absolute Gasteiger partial charge is 0.480 e. The number of rotatable bonds is 9. The normalized spacial score (nSPS) is 12.0. The van der Waals surface area contributed by atoms with Crippen LogP contribution in [0.5, 0.6) is 0 Å². The summed E-state index contributed by atoms with van der Waals surface area (Å²) in [4.78, 5) is 35.5. The van der Waals surface area contributed by atoms with Crippen LogP contribution in [0.15, 0.2) is 11.4 Å². The van der Waals surface area contributed by atoms with Crippen LogP contribution in [0.4, 0.5) is 0 Å². The van der Waals surface area contributed by atoms with Gasteiger partial charge < -0.3 is 15.7 Å². The standard InChI is InChI=1S/C15H21ClN2O4S/c1-9(2)5-12(15(21)22)18-14(20)7-17-13(19)4-3-11-6-10(16)8-23-11/h6,8-9,12H,3-5,7H2,1-2H3,(H,17,19)(H,18,20)(H,21,22)/t12-/m0/s1. The quantitative estimate of drug-likeness (QED) is 0.628. The average Bonchev–Trinajstić information content (AvgIpc) is 2.87. The first-order chi connectivity index (χ1) is 10.8. The summed E-state index contributed by atoms with van der Waals surface area (Å²) in [6.07, 6.45) is 1.14. The number of aryl methyl sites for hydroxylation is 1. The number of halogens is 1. The predicted molar refractivity (Wildman–Crippen MR) is 89.7 cm³/mol. The molecule has 8 heteroatoms. The van der Waals surface area contributed by atoms with Crippen molar-refractivity contribution in [1.82, 2.24) is 10.6 Å². The molecule has 128 valence electrons. The van der Waals surface area contributed by atoms with E-state index in [-0.39, 0.29) is 24.8 Å². The first-order valence-corrected chi connectivity index (χ1v) is 8.55. The van der Waals surface area contributed by atoms with E-state index in [9.17, 15) is 14.4 Å². The third kappa shape index (κ3) is 7.99. The zero-order valence-corrected chi connectivity index (χ0v) is 14.7. The number of carboxylic acids is 1. The maximum atomic E-state index is 11.7. The van der Waals surface area contributed by atoms with Gasteiger partial charge in [-0.3, -0.25) is 9.59 Å². The van der Waals surface area contributed by atoms with Crippen LogP contribution in [0.2, 0.25) is 5.02 Å². The van der Waals surface area contributed by atoms with Crippen molar-refractivity contribution in [3.63, 3.8) is 0 Å². The Morgan fingerprint density at radius 2 is 2.00 bits per heavy atom. The number of aliphatic carboxylic acids is 1. The number of nitrogens with one attached hydrogen (secondary N) is 2. The Hall–Kier alpha value is -1.60. The van der Waals surface area contributed by atoms with Crippen LogP contribution in [0.3, 0.4) is 0 Å². The maximum absolute atomic E-state index is 11.7. The van der Waals surface area contributed by atoms with Crippen molar-refractivity contribution in [3.05, 3.63) is 21.3 Å². The highest BCUT2D eigenvalue weighted by molar-refractivity contribution is 7.10. The van der Waals surface area contributed by atoms with Gasteiger partial charge in [-0.2, -0.15) is 0 Å². The SMILES string of the molecule is CC(C)C[C@H](NC(=O)CNC(=O)CCc1cc(Cl)cs1)C(=O)O. The summed E-state index contributed by atoms with van der Waals surface area (Å²) < 4.78 is 0. The lowest BCUT2D eigenvalue weighted by molar-refractivity contribution is -0.142. The van der Waals surface area contributed by atoms with Crippen molar-refractivity contribution in [2.24, 2.45) is 5.92 Å². The molecule has 0 aliphatic carbocycles. The van der Waals surface area contributed by atoms with E-state index < -0.39 is 17.9 Å². The molecular formula is C15H21ClN2O4S. The fraction of sp³-hybridized carbons (Fsp3) is 0.533. The minimum Gasteiger partial charge on any atom is -0.480 e. The molecule has 0 unspecified atom stereocenters. The van der Waals surface area contributed by atoms with Gasteiger partial charge in [0.15, 0.2) is 0 Å². The topological polar surface area (TPSA) is 95.5 Å². The second-order valence-electron chi connectivity index (χ2n) is 5.60. The average molecular weight is 361 g/mol. The van der Waals surface area contributed by atoms with E-state index in [4.69, 9.17) is 16.7 Å². The van der Waals surface area contributed by atoms with Gasteiger partial charge in [-0.05, 0) is 24.8 Å². The van der Waals surface area contributed by atoms with Gasteiger partial charge in [0.1, 0.15) is 6.04 Å². The molecule has 3 N–H and O–H groups in total. The van der Waals surface area contributed by atoms with Crippen molar-refractivity contribution < 1.29 is 19.5 Å². The van der Waals surface area contributed by atoms with E-state index in [2.05, 4.69) is 10.6 Å². The highest BCUT2D eigenvalue weighted by Gasteiger charge is 2.21. The molecule has 1 heterocycles. The van der Waals surface area contributed by atoms with Gasteiger partial charge in [0.2, 0.25) is 11.8 Å². The number of carboxylic acid groups (broad SMARTS) is 1. The van der Waals surface area contributed by atoms with Crippen molar-refractivity contribution in [2.45, 2.75) is 39.2 Å². The molecule has 0 fully saturated rings. The molecule has 0 aliphatic rings. The van der Waals surface area contributed by atoms with Crippen LogP contribution in [0.1, 0.15) is 31.6 Å². The number of carbonyl (C=O) groups excluding carboxylic acids is 2. The molecule has 2 amide bonds. The van der Waals surface area contributed by atoms with Gasteiger partial charge in [-0.1, -0.05) is 25.4 Å². The fourth-order valence-electron chi connectivity index (χ4n) is 1.93. The van der Waals surface area contributed by atoms with E-state index in [1.165, 1.54) is 11.3 Å². The molecule has 0 bridgehead atoms. The highest BCUT2D eigenvalue weighted by atomic mass is 35.5. The summed E-state index contributed by atoms with van der Waals surface area (Å²) >= 11 is 7.27. The summed E-state index contributed by atoms with van der Waals surface area (Å²) in [7, 11) is 0. The number of hydrogen-bond acceptors (Lipinski definition) is 4. The molecule has 23 heavy (non-hydrogen) atoms. The monoisotopic (exact) mass is 360 g/mol. The lowest BCUT2D eigenvalue weighted by Gasteiger charge is -2.16. The lowest BCUT2D eigenvalue weighted by Crippen LogP contribution is -2.46. The van der Waals surface area contributed by atoms with Crippen LogP contribution in [0.25, 0.3) is 0 Å². The maximum Gasteiger partial charge on any atom is 0.326 e. The minimum absolute atomic E-state index is 0.142. The summed E-state index contributed by atoms with van der Waals surface area (Å²) in [6, 6.07) is 0.864. The molecule has 1 aromatic rings. The van der Waals surface area contributed by atoms with E-state index in [1.54, 1.807) is 11.4 Å². The minimum atomic E-state index is -1.08. The highest BCUT2D eigenvalue weighted by Crippen LogP contribution is 2.20. The van der Waals surface area contributed by atoms with Gasteiger partial charge in [0.25, 0.3) is 0 Å². The Bertz CT molecular complexity index is 559. The zero-order chi connectivity index (χ0) is 17.4.